The molecular formula is C20H24N2O3S2. The normalized spacial score (nSPS) is 20.7. The fourth-order valence-corrected chi connectivity index (χ4v) is 7.09. The minimum atomic E-state index is -3.52. The highest BCUT2D eigenvalue weighted by molar-refractivity contribution is 7.91. The van der Waals surface area contributed by atoms with Gasteiger partial charge in [0.15, 0.2) is 0 Å². The molecule has 1 atom stereocenters. The minimum absolute atomic E-state index is 0.0605. The van der Waals surface area contributed by atoms with Gasteiger partial charge in [-0.1, -0.05) is 18.2 Å². The van der Waals surface area contributed by atoms with E-state index in [0.717, 1.165) is 29.0 Å². The van der Waals surface area contributed by atoms with Gasteiger partial charge in [0.25, 0.3) is 10.0 Å². The monoisotopic (exact) mass is 404 g/mol. The second-order valence-corrected chi connectivity index (χ2v) is 10.8. The molecular weight excluding hydrogens is 380 g/mol. The van der Waals surface area contributed by atoms with Crippen molar-refractivity contribution in [2.24, 2.45) is 5.92 Å². The molecule has 1 aromatic carbocycles. The molecule has 1 saturated heterocycles. The number of sulfonamides is 1. The number of nitrogens with zero attached hydrogens (tertiary/aromatic N) is 2. The summed E-state index contributed by atoms with van der Waals surface area (Å²) in [5.41, 5.74) is 3.33. The third-order valence-corrected chi connectivity index (χ3v) is 8.84. The standard InChI is InChI=1S/C20H24N2O3S2/c1-14-5-3-6-16-10-12-22(19(14)16)20(23)17-7-4-11-21(13-17)27(24,25)18-9-8-15(2)26-18/h3,5-6,8-9,17H,4,7,10-13H2,1-2H3. The number of hydrogen-bond donors (Lipinski definition) is 0. The lowest BCUT2D eigenvalue weighted by Crippen LogP contribution is -2.46. The molecule has 3 heterocycles. The van der Waals surface area contributed by atoms with Crippen LogP contribution in [0.1, 0.15) is 28.8 Å². The highest BCUT2D eigenvalue weighted by atomic mass is 32.2. The average molecular weight is 405 g/mol. The molecule has 4 rings (SSSR count). The molecule has 1 fully saturated rings. The largest absolute Gasteiger partial charge is 0.311 e. The number of amides is 1. The van der Waals surface area contributed by atoms with Gasteiger partial charge in [0.1, 0.15) is 4.21 Å². The SMILES string of the molecule is Cc1ccc(S(=O)(=O)N2CCCC(C(=O)N3CCc4cccc(C)c43)C2)s1. The molecule has 0 radical (unpaired) electrons. The van der Waals surface area contributed by atoms with E-state index in [4.69, 9.17) is 0 Å². The lowest BCUT2D eigenvalue weighted by atomic mass is 9.97. The topological polar surface area (TPSA) is 57.7 Å². The first-order chi connectivity index (χ1) is 12.9. The van der Waals surface area contributed by atoms with Crippen molar-refractivity contribution in [2.45, 2.75) is 37.3 Å². The molecule has 2 aliphatic heterocycles. The van der Waals surface area contributed by atoms with Crippen molar-refractivity contribution in [1.82, 2.24) is 4.31 Å². The Labute approximate surface area is 164 Å². The molecule has 1 aromatic heterocycles. The van der Waals surface area contributed by atoms with Crippen molar-refractivity contribution in [3.8, 4) is 0 Å². The lowest BCUT2D eigenvalue weighted by molar-refractivity contribution is -0.123. The van der Waals surface area contributed by atoms with Gasteiger partial charge in [0.2, 0.25) is 5.91 Å². The Balaban J connectivity index is 1.55. The number of hydrogen-bond acceptors (Lipinski definition) is 4. The van der Waals surface area contributed by atoms with Crippen molar-refractivity contribution < 1.29 is 13.2 Å². The number of carbonyl (C=O) groups is 1. The van der Waals surface area contributed by atoms with Crippen molar-refractivity contribution >= 4 is 33.0 Å². The summed E-state index contributed by atoms with van der Waals surface area (Å²) in [6, 6.07) is 9.63. The summed E-state index contributed by atoms with van der Waals surface area (Å²) in [4.78, 5) is 16.1. The molecule has 0 spiro atoms. The van der Waals surface area contributed by atoms with E-state index in [-0.39, 0.29) is 18.4 Å². The van der Waals surface area contributed by atoms with Gasteiger partial charge in [-0.25, -0.2) is 8.42 Å². The Morgan fingerprint density at radius 2 is 1.96 bits per heavy atom. The maximum atomic E-state index is 13.2. The van der Waals surface area contributed by atoms with Gasteiger partial charge in [0, 0.05) is 30.2 Å². The van der Waals surface area contributed by atoms with E-state index in [9.17, 15) is 13.2 Å². The Kier molecular flexibility index (Phi) is 4.86. The van der Waals surface area contributed by atoms with Gasteiger partial charge < -0.3 is 4.90 Å². The molecule has 2 aromatic rings. The van der Waals surface area contributed by atoms with Crippen LogP contribution in [0.15, 0.2) is 34.5 Å². The molecule has 5 nitrogen and oxygen atoms in total. The highest BCUT2D eigenvalue weighted by Gasteiger charge is 2.37. The summed E-state index contributed by atoms with van der Waals surface area (Å²) in [6.07, 6.45) is 2.33. The second kappa shape index (κ2) is 7.04. The molecule has 0 N–H and O–H groups in total. The molecule has 144 valence electrons. The zero-order valence-electron chi connectivity index (χ0n) is 15.6. The van der Waals surface area contributed by atoms with Crippen molar-refractivity contribution in [2.75, 3.05) is 24.5 Å². The number of para-hydroxylation sites is 1. The summed E-state index contributed by atoms with van der Waals surface area (Å²) < 4.78 is 27.8. The maximum absolute atomic E-state index is 13.2. The van der Waals surface area contributed by atoms with Gasteiger partial charge in [-0.05, 0) is 56.4 Å². The van der Waals surface area contributed by atoms with Crippen LogP contribution in [0.3, 0.4) is 0 Å². The van der Waals surface area contributed by atoms with Gasteiger partial charge in [-0.3, -0.25) is 4.79 Å². The molecule has 0 bridgehead atoms. The summed E-state index contributed by atoms with van der Waals surface area (Å²) in [5.74, 6) is -0.217. The van der Waals surface area contributed by atoms with Gasteiger partial charge in [-0.15, -0.1) is 11.3 Å². The first-order valence-corrected chi connectivity index (χ1v) is 11.6. The Morgan fingerprint density at radius 3 is 2.70 bits per heavy atom. The Bertz CT molecular complexity index is 981. The summed E-state index contributed by atoms with van der Waals surface area (Å²) >= 11 is 1.29. The number of thiophene rings is 1. The number of rotatable bonds is 3. The van der Waals surface area contributed by atoms with Crippen LogP contribution in [0.25, 0.3) is 0 Å². The quantitative estimate of drug-likeness (QED) is 0.788. The molecule has 1 unspecified atom stereocenters. The van der Waals surface area contributed by atoms with Crippen LogP contribution >= 0.6 is 11.3 Å². The first kappa shape index (κ1) is 18.7. The third kappa shape index (κ3) is 3.32. The molecule has 0 aliphatic carbocycles. The van der Waals surface area contributed by atoms with Crippen molar-refractivity contribution in [1.29, 1.82) is 0 Å². The van der Waals surface area contributed by atoms with Crippen LogP contribution in [0.4, 0.5) is 5.69 Å². The van der Waals surface area contributed by atoms with Crippen LogP contribution in [-0.2, 0) is 21.2 Å². The summed E-state index contributed by atoms with van der Waals surface area (Å²) in [6.45, 7) is 5.38. The average Bonchev–Trinajstić information content (AvgIpc) is 3.29. The lowest BCUT2D eigenvalue weighted by Gasteiger charge is -2.33. The summed E-state index contributed by atoms with van der Waals surface area (Å²) in [5, 5.41) is 0. The molecule has 27 heavy (non-hydrogen) atoms. The fraction of sp³-hybridized carbons (Fsp3) is 0.450. The number of fused-ring (bicyclic) bond motifs is 1. The number of aryl methyl sites for hydroxylation is 2. The van der Waals surface area contributed by atoms with Crippen molar-refractivity contribution in [3.63, 3.8) is 0 Å². The van der Waals surface area contributed by atoms with E-state index in [0.29, 0.717) is 23.7 Å². The summed E-state index contributed by atoms with van der Waals surface area (Å²) in [7, 11) is -3.52. The van der Waals surface area contributed by atoms with Crippen LogP contribution in [-0.4, -0.2) is 38.3 Å². The zero-order chi connectivity index (χ0) is 19.2. The Hall–Kier alpha value is -1.70. The predicted molar refractivity (Wildman–Crippen MR) is 108 cm³/mol. The van der Waals surface area contributed by atoms with Crippen LogP contribution < -0.4 is 4.90 Å². The fourth-order valence-electron chi connectivity index (χ4n) is 4.13. The number of piperidine rings is 1. The number of benzene rings is 1. The highest BCUT2D eigenvalue weighted by Crippen LogP contribution is 2.34. The number of anilines is 1. The van der Waals surface area contributed by atoms with Gasteiger partial charge in [0.05, 0.1) is 5.92 Å². The number of carbonyl (C=O) groups excluding carboxylic acids is 1. The second-order valence-electron chi connectivity index (χ2n) is 7.39. The van der Waals surface area contributed by atoms with Crippen LogP contribution in [0.5, 0.6) is 0 Å². The van der Waals surface area contributed by atoms with Crippen LogP contribution in [0.2, 0.25) is 0 Å². The first-order valence-electron chi connectivity index (χ1n) is 9.34. The minimum Gasteiger partial charge on any atom is -0.311 e. The van der Waals surface area contributed by atoms with E-state index < -0.39 is 10.0 Å². The third-order valence-electron chi connectivity index (χ3n) is 5.51. The van der Waals surface area contributed by atoms with E-state index in [1.54, 1.807) is 6.07 Å². The van der Waals surface area contributed by atoms with Gasteiger partial charge in [-0.2, -0.15) is 4.31 Å². The smallest absolute Gasteiger partial charge is 0.252 e. The molecule has 0 saturated carbocycles. The molecule has 1 amide bonds. The van der Waals surface area contributed by atoms with E-state index in [1.165, 1.54) is 21.2 Å². The maximum Gasteiger partial charge on any atom is 0.252 e. The van der Waals surface area contributed by atoms with Crippen LogP contribution in [0, 0.1) is 19.8 Å². The van der Waals surface area contributed by atoms with E-state index >= 15 is 0 Å². The van der Waals surface area contributed by atoms with Gasteiger partial charge >= 0.3 is 0 Å². The van der Waals surface area contributed by atoms with E-state index in [1.807, 2.05) is 36.9 Å². The molecule has 7 heteroatoms. The Morgan fingerprint density at radius 1 is 1.15 bits per heavy atom. The zero-order valence-corrected chi connectivity index (χ0v) is 17.3. The van der Waals surface area contributed by atoms with Crippen molar-refractivity contribution in [3.05, 3.63) is 46.3 Å². The molecule has 2 aliphatic rings. The predicted octanol–water partition coefficient (Wildman–Crippen LogP) is 3.35. The van der Waals surface area contributed by atoms with E-state index in [2.05, 4.69) is 6.07 Å².